The average Bonchev–Trinajstić information content (AvgIpc) is 3.13. The van der Waals surface area contributed by atoms with Gasteiger partial charge in [0.1, 0.15) is 5.82 Å². The van der Waals surface area contributed by atoms with Gasteiger partial charge in [0.2, 0.25) is 5.91 Å². The molecule has 1 aromatic carbocycles. The number of nitrogens with one attached hydrogen (secondary N) is 1. The molecule has 1 aliphatic rings. The van der Waals surface area contributed by atoms with Crippen LogP contribution in [0.15, 0.2) is 24.3 Å². The first kappa shape index (κ1) is 15.0. The number of hydrogen-bond acceptors (Lipinski definition) is 2. The van der Waals surface area contributed by atoms with Crippen LogP contribution < -0.4 is 0 Å². The van der Waals surface area contributed by atoms with E-state index < -0.39 is 0 Å². The van der Waals surface area contributed by atoms with E-state index in [4.69, 9.17) is 0 Å². The van der Waals surface area contributed by atoms with Crippen LogP contribution in [-0.4, -0.2) is 46.9 Å². The molecular weight excluding hydrogens is 281 g/mol. The summed E-state index contributed by atoms with van der Waals surface area (Å²) in [5, 5.41) is 0.863. The van der Waals surface area contributed by atoms with Gasteiger partial charge < -0.3 is 9.88 Å². The minimum Gasteiger partial charge on any atom is -0.357 e. The predicted octanol–water partition coefficient (Wildman–Crippen LogP) is 2.75. The second-order valence-corrected chi connectivity index (χ2v) is 6.15. The van der Waals surface area contributed by atoms with Crippen LogP contribution in [-0.2, 0) is 11.3 Å². The van der Waals surface area contributed by atoms with Crippen molar-refractivity contribution in [2.45, 2.75) is 32.4 Å². The summed E-state index contributed by atoms with van der Waals surface area (Å²) < 4.78 is 13.2. The fraction of sp³-hybridized carbons (Fsp3) is 0.471. The molecule has 0 radical (unpaired) electrons. The highest BCUT2D eigenvalue weighted by Gasteiger charge is 2.26. The average molecular weight is 303 g/mol. The zero-order valence-corrected chi connectivity index (χ0v) is 13.1. The fourth-order valence-electron chi connectivity index (χ4n) is 3.04. The number of aromatic amines is 1. The number of amides is 1. The first-order valence-corrected chi connectivity index (χ1v) is 7.81. The van der Waals surface area contributed by atoms with Gasteiger partial charge >= 0.3 is 0 Å². The summed E-state index contributed by atoms with van der Waals surface area (Å²) in [6.07, 6.45) is 2.21. The Kier molecular flexibility index (Phi) is 4.16. The van der Waals surface area contributed by atoms with Gasteiger partial charge in [0, 0.05) is 36.2 Å². The van der Waals surface area contributed by atoms with Gasteiger partial charge in [-0.3, -0.25) is 9.69 Å². The van der Waals surface area contributed by atoms with Gasteiger partial charge in [0.05, 0.1) is 6.04 Å². The lowest BCUT2D eigenvalue weighted by Crippen LogP contribution is -2.44. The zero-order valence-electron chi connectivity index (χ0n) is 13.1. The molecule has 1 aromatic heterocycles. The van der Waals surface area contributed by atoms with E-state index in [1.54, 1.807) is 6.07 Å². The lowest BCUT2D eigenvalue weighted by molar-refractivity contribution is -0.135. The zero-order chi connectivity index (χ0) is 15.7. The number of halogens is 1. The first-order valence-electron chi connectivity index (χ1n) is 7.81. The van der Waals surface area contributed by atoms with Crippen LogP contribution in [0.1, 0.15) is 25.5 Å². The van der Waals surface area contributed by atoms with Gasteiger partial charge in [-0.05, 0) is 51.1 Å². The van der Waals surface area contributed by atoms with E-state index in [-0.39, 0.29) is 17.8 Å². The van der Waals surface area contributed by atoms with Crippen LogP contribution in [0.25, 0.3) is 10.9 Å². The van der Waals surface area contributed by atoms with E-state index in [1.807, 2.05) is 29.8 Å². The molecule has 2 heterocycles. The maximum absolute atomic E-state index is 13.2. The molecule has 1 saturated heterocycles. The Bertz CT molecular complexity index is 676. The van der Waals surface area contributed by atoms with Crippen LogP contribution in [0.4, 0.5) is 4.39 Å². The molecule has 118 valence electrons. The maximum Gasteiger partial charge on any atom is 0.239 e. The number of nitrogens with zero attached hydrogens (tertiary/aromatic N) is 2. The molecule has 3 rings (SSSR count). The van der Waals surface area contributed by atoms with E-state index in [2.05, 4.69) is 4.98 Å². The molecule has 1 atom stereocenters. The van der Waals surface area contributed by atoms with Gasteiger partial charge in [-0.15, -0.1) is 0 Å². The van der Waals surface area contributed by atoms with Gasteiger partial charge in [-0.25, -0.2) is 4.39 Å². The SMILES string of the molecule is CC(C(=O)N1CCCC1)N(C)Cc1cc2cc(F)ccc2[nH]1. The van der Waals surface area contributed by atoms with Crippen LogP contribution in [0, 0.1) is 5.82 Å². The number of likely N-dealkylation sites (N-methyl/N-ethyl adjacent to an activating group) is 1. The second kappa shape index (κ2) is 6.08. The third kappa shape index (κ3) is 2.99. The van der Waals surface area contributed by atoms with Crippen molar-refractivity contribution in [2.24, 2.45) is 0 Å². The molecule has 1 N–H and O–H groups in total. The topological polar surface area (TPSA) is 39.3 Å². The van der Waals surface area contributed by atoms with Crippen LogP contribution in [0.3, 0.4) is 0 Å². The Morgan fingerprint density at radius 1 is 1.36 bits per heavy atom. The van der Waals surface area contributed by atoms with Crippen molar-refractivity contribution in [2.75, 3.05) is 20.1 Å². The highest BCUT2D eigenvalue weighted by Crippen LogP contribution is 2.19. The van der Waals surface area contributed by atoms with Crippen LogP contribution in [0.5, 0.6) is 0 Å². The summed E-state index contributed by atoms with van der Waals surface area (Å²) in [5.74, 6) is -0.0360. The molecule has 0 bridgehead atoms. The van der Waals surface area contributed by atoms with Crippen molar-refractivity contribution in [3.05, 3.63) is 35.8 Å². The number of carbonyl (C=O) groups is 1. The van der Waals surface area contributed by atoms with Crippen molar-refractivity contribution in [1.29, 1.82) is 0 Å². The molecule has 2 aromatic rings. The Morgan fingerprint density at radius 3 is 2.82 bits per heavy atom. The molecule has 0 spiro atoms. The van der Waals surface area contributed by atoms with Crippen LogP contribution >= 0.6 is 0 Å². The normalized spacial score (nSPS) is 16.6. The molecule has 1 aliphatic heterocycles. The Morgan fingerprint density at radius 2 is 2.09 bits per heavy atom. The number of hydrogen-bond donors (Lipinski definition) is 1. The van der Waals surface area contributed by atoms with Crippen molar-refractivity contribution in [1.82, 2.24) is 14.8 Å². The van der Waals surface area contributed by atoms with Gasteiger partial charge in [-0.1, -0.05) is 0 Å². The lowest BCUT2D eigenvalue weighted by atomic mass is 10.2. The highest BCUT2D eigenvalue weighted by atomic mass is 19.1. The summed E-state index contributed by atoms with van der Waals surface area (Å²) in [5.41, 5.74) is 1.91. The monoisotopic (exact) mass is 303 g/mol. The van der Waals surface area contributed by atoms with Gasteiger partial charge in [0.25, 0.3) is 0 Å². The number of likely N-dealkylation sites (tertiary alicyclic amines) is 1. The van der Waals surface area contributed by atoms with Gasteiger partial charge in [-0.2, -0.15) is 0 Å². The predicted molar refractivity (Wildman–Crippen MR) is 85.0 cm³/mol. The Hall–Kier alpha value is -1.88. The third-order valence-electron chi connectivity index (χ3n) is 4.49. The number of H-pyrrole nitrogens is 1. The number of benzene rings is 1. The third-order valence-corrected chi connectivity index (χ3v) is 4.49. The fourth-order valence-corrected chi connectivity index (χ4v) is 3.04. The first-order chi connectivity index (χ1) is 10.5. The summed E-state index contributed by atoms with van der Waals surface area (Å²) in [7, 11) is 1.95. The Balaban J connectivity index is 1.68. The molecule has 1 amide bonds. The number of carbonyl (C=O) groups excluding carboxylic acids is 1. The minimum atomic E-state index is -0.232. The summed E-state index contributed by atoms with van der Waals surface area (Å²) >= 11 is 0. The number of rotatable bonds is 4. The molecule has 1 unspecified atom stereocenters. The van der Waals surface area contributed by atoms with E-state index in [0.717, 1.165) is 42.5 Å². The molecule has 4 nitrogen and oxygen atoms in total. The van der Waals surface area contributed by atoms with Crippen LogP contribution in [0.2, 0.25) is 0 Å². The highest BCUT2D eigenvalue weighted by molar-refractivity contribution is 5.82. The molecule has 22 heavy (non-hydrogen) atoms. The van der Waals surface area contributed by atoms with Crippen molar-refractivity contribution in [3.63, 3.8) is 0 Å². The second-order valence-electron chi connectivity index (χ2n) is 6.15. The summed E-state index contributed by atoms with van der Waals surface area (Å²) in [6, 6.07) is 6.51. The van der Waals surface area contributed by atoms with E-state index in [0.29, 0.717) is 6.54 Å². The number of aromatic nitrogens is 1. The molecule has 0 saturated carbocycles. The molecular formula is C17H22FN3O. The van der Waals surface area contributed by atoms with Crippen molar-refractivity contribution in [3.8, 4) is 0 Å². The van der Waals surface area contributed by atoms with Gasteiger partial charge in [0.15, 0.2) is 0 Å². The molecule has 0 aliphatic carbocycles. The van der Waals surface area contributed by atoms with E-state index in [9.17, 15) is 9.18 Å². The summed E-state index contributed by atoms with van der Waals surface area (Å²) in [4.78, 5) is 19.7. The lowest BCUT2D eigenvalue weighted by Gasteiger charge is -2.27. The quantitative estimate of drug-likeness (QED) is 0.943. The smallest absolute Gasteiger partial charge is 0.239 e. The van der Waals surface area contributed by atoms with Crippen molar-refractivity contribution < 1.29 is 9.18 Å². The largest absolute Gasteiger partial charge is 0.357 e. The maximum atomic E-state index is 13.2. The number of fused-ring (bicyclic) bond motifs is 1. The summed E-state index contributed by atoms with van der Waals surface area (Å²) in [6.45, 7) is 4.34. The van der Waals surface area contributed by atoms with E-state index >= 15 is 0 Å². The molecule has 5 heteroatoms. The van der Waals surface area contributed by atoms with Crippen molar-refractivity contribution >= 4 is 16.8 Å². The molecule has 1 fully saturated rings. The minimum absolute atomic E-state index is 0.152. The standard InChI is InChI=1S/C17H22FN3O/c1-12(17(22)21-7-3-4-8-21)20(2)11-15-10-13-9-14(18)5-6-16(13)19-15/h5-6,9-10,12,19H,3-4,7-8,11H2,1-2H3. The Labute approximate surface area is 129 Å². The van der Waals surface area contributed by atoms with E-state index in [1.165, 1.54) is 12.1 Å².